The Morgan fingerprint density at radius 1 is 1.45 bits per heavy atom. The van der Waals surface area contributed by atoms with Crippen molar-refractivity contribution in [3.05, 3.63) is 34.3 Å². The van der Waals surface area contributed by atoms with Gasteiger partial charge in [-0.3, -0.25) is 0 Å². The molecule has 0 aliphatic heterocycles. The summed E-state index contributed by atoms with van der Waals surface area (Å²) in [5.74, 6) is 0. The second-order valence-electron chi connectivity index (χ2n) is 2.31. The van der Waals surface area contributed by atoms with Crippen molar-refractivity contribution < 1.29 is 5.11 Å². The first-order valence-corrected chi connectivity index (χ1v) is 4.16. The SMILES string of the molecule is N[C@H](CO)c1ccccc1Br. The summed E-state index contributed by atoms with van der Waals surface area (Å²) in [6.45, 7) is -0.0252. The quantitative estimate of drug-likeness (QED) is 0.785. The van der Waals surface area contributed by atoms with Gasteiger partial charge in [-0.2, -0.15) is 0 Å². The van der Waals surface area contributed by atoms with Gasteiger partial charge in [0.2, 0.25) is 0 Å². The Bertz CT molecular complexity index is 239. The van der Waals surface area contributed by atoms with Gasteiger partial charge in [0.25, 0.3) is 0 Å². The normalized spacial score (nSPS) is 13.0. The van der Waals surface area contributed by atoms with Crippen LogP contribution < -0.4 is 5.73 Å². The van der Waals surface area contributed by atoms with E-state index in [0.29, 0.717) is 0 Å². The zero-order valence-corrected chi connectivity index (χ0v) is 7.58. The van der Waals surface area contributed by atoms with Crippen LogP contribution in [0.3, 0.4) is 0 Å². The molecule has 2 nitrogen and oxygen atoms in total. The summed E-state index contributed by atoms with van der Waals surface area (Å²) in [5, 5.41) is 8.77. The maximum Gasteiger partial charge on any atom is 0.0624 e. The Morgan fingerprint density at radius 3 is 2.64 bits per heavy atom. The zero-order chi connectivity index (χ0) is 8.27. The molecule has 0 spiro atoms. The van der Waals surface area contributed by atoms with Gasteiger partial charge in [0.05, 0.1) is 12.6 Å². The summed E-state index contributed by atoms with van der Waals surface area (Å²) >= 11 is 3.35. The number of aliphatic hydroxyl groups excluding tert-OH is 1. The van der Waals surface area contributed by atoms with Crippen molar-refractivity contribution in [1.82, 2.24) is 0 Å². The van der Waals surface area contributed by atoms with E-state index in [1.165, 1.54) is 0 Å². The number of benzene rings is 1. The summed E-state index contributed by atoms with van der Waals surface area (Å²) < 4.78 is 0.946. The second kappa shape index (κ2) is 3.85. The molecular weight excluding hydrogens is 206 g/mol. The highest BCUT2D eigenvalue weighted by Crippen LogP contribution is 2.20. The van der Waals surface area contributed by atoms with Crippen LogP contribution in [0, 0.1) is 0 Å². The lowest BCUT2D eigenvalue weighted by molar-refractivity contribution is 0.267. The first kappa shape index (κ1) is 8.71. The fraction of sp³-hybridized carbons (Fsp3) is 0.250. The van der Waals surface area contributed by atoms with Gasteiger partial charge >= 0.3 is 0 Å². The number of hydrogen-bond donors (Lipinski definition) is 2. The highest BCUT2D eigenvalue weighted by atomic mass is 79.9. The van der Waals surface area contributed by atoms with Gasteiger partial charge in [0.1, 0.15) is 0 Å². The van der Waals surface area contributed by atoms with E-state index in [9.17, 15) is 0 Å². The Labute approximate surface area is 74.2 Å². The topological polar surface area (TPSA) is 46.2 Å². The maximum atomic E-state index is 8.77. The molecule has 3 N–H and O–H groups in total. The van der Waals surface area contributed by atoms with Gasteiger partial charge in [0.15, 0.2) is 0 Å². The van der Waals surface area contributed by atoms with E-state index in [4.69, 9.17) is 10.8 Å². The molecule has 3 heteroatoms. The smallest absolute Gasteiger partial charge is 0.0624 e. The van der Waals surface area contributed by atoms with Gasteiger partial charge in [-0.15, -0.1) is 0 Å². The van der Waals surface area contributed by atoms with Crippen LogP contribution >= 0.6 is 15.9 Å². The van der Waals surface area contributed by atoms with Crippen molar-refractivity contribution in [1.29, 1.82) is 0 Å². The van der Waals surface area contributed by atoms with Crippen LogP contribution in [0.1, 0.15) is 11.6 Å². The maximum absolute atomic E-state index is 8.77. The molecular formula is C8H10BrNO. The monoisotopic (exact) mass is 215 g/mol. The number of nitrogens with two attached hydrogens (primary N) is 1. The summed E-state index contributed by atoms with van der Waals surface area (Å²) in [5.41, 5.74) is 6.55. The van der Waals surface area contributed by atoms with E-state index in [2.05, 4.69) is 15.9 Å². The summed E-state index contributed by atoms with van der Waals surface area (Å²) in [6.07, 6.45) is 0. The standard InChI is InChI=1S/C8H10BrNO/c9-7-4-2-1-3-6(7)8(10)5-11/h1-4,8,11H,5,10H2/t8-/m1/s1. The number of rotatable bonds is 2. The minimum Gasteiger partial charge on any atom is -0.394 e. The second-order valence-corrected chi connectivity index (χ2v) is 3.16. The molecule has 60 valence electrons. The van der Waals surface area contributed by atoms with Crippen LogP contribution in [0.5, 0.6) is 0 Å². The molecule has 1 rings (SSSR count). The Hall–Kier alpha value is -0.380. The predicted molar refractivity (Wildman–Crippen MR) is 48.2 cm³/mol. The fourth-order valence-corrected chi connectivity index (χ4v) is 1.45. The third kappa shape index (κ3) is 2.02. The molecule has 1 aromatic rings. The first-order chi connectivity index (χ1) is 5.25. The van der Waals surface area contributed by atoms with Crippen molar-refractivity contribution in [2.75, 3.05) is 6.61 Å². The van der Waals surface area contributed by atoms with E-state index < -0.39 is 0 Å². The molecule has 0 heterocycles. The molecule has 1 atom stereocenters. The summed E-state index contributed by atoms with van der Waals surface area (Å²) in [6, 6.07) is 7.33. The van der Waals surface area contributed by atoms with Gasteiger partial charge in [-0.25, -0.2) is 0 Å². The van der Waals surface area contributed by atoms with Crippen molar-refractivity contribution >= 4 is 15.9 Å². The molecule has 1 aromatic carbocycles. The van der Waals surface area contributed by atoms with E-state index in [1.54, 1.807) is 0 Å². The van der Waals surface area contributed by atoms with E-state index >= 15 is 0 Å². The minimum absolute atomic E-state index is 0.0252. The van der Waals surface area contributed by atoms with E-state index in [1.807, 2.05) is 24.3 Å². The molecule has 0 bridgehead atoms. The van der Waals surface area contributed by atoms with Gasteiger partial charge in [0, 0.05) is 4.47 Å². The van der Waals surface area contributed by atoms with E-state index in [-0.39, 0.29) is 12.6 Å². The molecule has 0 radical (unpaired) electrons. The fourth-order valence-electron chi connectivity index (χ4n) is 0.874. The van der Waals surface area contributed by atoms with Crippen molar-refractivity contribution in [2.24, 2.45) is 5.73 Å². The Balaban J connectivity index is 2.93. The largest absolute Gasteiger partial charge is 0.394 e. The van der Waals surface area contributed by atoms with Crippen molar-refractivity contribution in [3.8, 4) is 0 Å². The lowest BCUT2D eigenvalue weighted by Gasteiger charge is -2.09. The third-order valence-corrected chi connectivity index (χ3v) is 2.22. The highest BCUT2D eigenvalue weighted by Gasteiger charge is 2.06. The van der Waals surface area contributed by atoms with Crippen LogP contribution in [0.15, 0.2) is 28.7 Å². The molecule has 0 fully saturated rings. The minimum atomic E-state index is -0.287. The number of aliphatic hydroxyl groups is 1. The Kier molecular flexibility index (Phi) is 3.05. The van der Waals surface area contributed by atoms with Gasteiger partial charge in [-0.05, 0) is 11.6 Å². The Morgan fingerprint density at radius 2 is 2.09 bits per heavy atom. The lowest BCUT2D eigenvalue weighted by Crippen LogP contribution is -2.14. The van der Waals surface area contributed by atoms with E-state index in [0.717, 1.165) is 10.0 Å². The number of hydrogen-bond acceptors (Lipinski definition) is 2. The average molecular weight is 216 g/mol. The first-order valence-electron chi connectivity index (χ1n) is 3.36. The molecule has 0 unspecified atom stereocenters. The molecule has 11 heavy (non-hydrogen) atoms. The molecule has 0 amide bonds. The molecule has 0 aliphatic carbocycles. The predicted octanol–water partition coefficient (Wildman–Crippen LogP) is 1.44. The average Bonchev–Trinajstić information content (AvgIpc) is 2.04. The van der Waals surface area contributed by atoms with Crippen LogP contribution in [-0.2, 0) is 0 Å². The molecule has 0 aromatic heterocycles. The van der Waals surface area contributed by atoms with Crippen LogP contribution in [0.2, 0.25) is 0 Å². The molecule has 0 saturated heterocycles. The summed E-state index contributed by atoms with van der Waals surface area (Å²) in [7, 11) is 0. The van der Waals surface area contributed by atoms with Crippen molar-refractivity contribution in [2.45, 2.75) is 6.04 Å². The van der Waals surface area contributed by atoms with Gasteiger partial charge < -0.3 is 10.8 Å². The van der Waals surface area contributed by atoms with Crippen molar-refractivity contribution in [3.63, 3.8) is 0 Å². The highest BCUT2D eigenvalue weighted by molar-refractivity contribution is 9.10. The third-order valence-electron chi connectivity index (χ3n) is 1.50. The summed E-state index contributed by atoms with van der Waals surface area (Å²) in [4.78, 5) is 0. The molecule has 0 saturated carbocycles. The van der Waals surface area contributed by atoms with Gasteiger partial charge in [-0.1, -0.05) is 34.1 Å². The lowest BCUT2D eigenvalue weighted by atomic mass is 10.1. The van der Waals surface area contributed by atoms with Crippen LogP contribution in [0.4, 0.5) is 0 Å². The number of halogens is 1. The van der Waals surface area contributed by atoms with Crippen LogP contribution in [0.25, 0.3) is 0 Å². The molecule has 0 aliphatic rings. The zero-order valence-electron chi connectivity index (χ0n) is 6.00. The van der Waals surface area contributed by atoms with Crippen LogP contribution in [-0.4, -0.2) is 11.7 Å².